The van der Waals surface area contributed by atoms with Gasteiger partial charge in [0.15, 0.2) is 0 Å². The van der Waals surface area contributed by atoms with Gasteiger partial charge in [0.2, 0.25) is 0 Å². The van der Waals surface area contributed by atoms with E-state index in [2.05, 4.69) is 231 Å². The molecule has 0 bridgehead atoms. The summed E-state index contributed by atoms with van der Waals surface area (Å²) >= 11 is 0. The fraction of sp³-hybridized carbons (Fsp3) is 0.0545. The van der Waals surface area contributed by atoms with E-state index in [1.165, 1.54) is 77.5 Å². The fourth-order valence-corrected chi connectivity index (χ4v) is 8.89. The second-order valence-corrected chi connectivity index (χ2v) is 15.3. The lowest BCUT2D eigenvalue weighted by molar-refractivity contribution is 0.660. The molecule has 1 nitrogen and oxygen atoms in total. The van der Waals surface area contributed by atoms with Crippen molar-refractivity contribution in [2.75, 3.05) is 4.90 Å². The summed E-state index contributed by atoms with van der Waals surface area (Å²) in [5, 5.41) is 2.52. The molecule has 266 valence electrons. The molecule has 0 aliphatic heterocycles. The van der Waals surface area contributed by atoms with Crippen LogP contribution in [-0.2, 0) is 5.41 Å². The summed E-state index contributed by atoms with van der Waals surface area (Å²) in [4.78, 5) is 2.45. The molecule has 10 rings (SSSR count). The molecule has 56 heavy (non-hydrogen) atoms. The summed E-state index contributed by atoms with van der Waals surface area (Å²) in [5.41, 5.74) is 18.3. The zero-order valence-electron chi connectivity index (χ0n) is 31.7. The highest BCUT2D eigenvalue weighted by molar-refractivity contribution is 5.98. The van der Waals surface area contributed by atoms with E-state index in [0.717, 1.165) is 17.1 Å². The van der Waals surface area contributed by atoms with Crippen LogP contribution in [0.25, 0.3) is 66.4 Å². The molecule has 9 aromatic carbocycles. The lowest BCUT2D eigenvalue weighted by atomic mass is 9.82. The number of rotatable bonds is 7. The van der Waals surface area contributed by atoms with Crippen molar-refractivity contribution in [2.45, 2.75) is 19.3 Å². The number of para-hydroxylation sites is 1. The third-order valence-electron chi connectivity index (χ3n) is 11.7. The predicted molar refractivity (Wildman–Crippen MR) is 238 cm³/mol. The maximum atomic E-state index is 2.45. The Morgan fingerprint density at radius 1 is 0.321 bits per heavy atom. The van der Waals surface area contributed by atoms with Gasteiger partial charge >= 0.3 is 0 Å². The average Bonchev–Trinajstić information content (AvgIpc) is 3.49. The van der Waals surface area contributed by atoms with Crippen LogP contribution in [0, 0.1) is 0 Å². The van der Waals surface area contributed by atoms with Gasteiger partial charge in [-0.2, -0.15) is 0 Å². The van der Waals surface area contributed by atoms with Crippen molar-refractivity contribution in [1.82, 2.24) is 0 Å². The third kappa shape index (κ3) is 5.72. The zero-order chi connectivity index (χ0) is 37.6. The maximum absolute atomic E-state index is 2.45. The van der Waals surface area contributed by atoms with E-state index >= 15 is 0 Å². The van der Waals surface area contributed by atoms with Crippen LogP contribution < -0.4 is 4.90 Å². The number of hydrogen-bond acceptors (Lipinski definition) is 1. The van der Waals surface area contributed by atoms with Gasteiger partial charge in [0, 0.05) is 22.4 Å². The monoisotopic (exact) mass is 715 g/mol. The van der Waals surface area contributed by atoms with E-state index in [0.29, 0.717) is 0 Å². The first-order valence-corrected chi connectivity index (χ1v) is 19.5. The van der Waals surface area contributed by atoms with E-state index in [-0.39, 0.29) is 5.41 Å². The molecule has 1 aliphatic rings. The molecule has 0 unspecified atom stereocenters. The SMILES string of the molecule is CC1(C)c2ccccc2-c2ccc(N(c3ccc(-c4cccc(-c5cccc6ccccc56)c4)cc3)c3ccccc3-c3ccccc3-c3ccccc3)cc21. The summed E-state index contributed by atoms with van der Waals surface area (Å²) in [6, 6.07) is 77.6. The van der Waals surface area contributed by atoms with E-state index in [9.17, 15) is 0 Å². The Bertz CT molecular complexity index is 2880. The third-order valence-corrected chi connectivity index (χ3v) is 11.7. The largest absolute Gasteiger partial charge is 0.310 e. The van der Waals surface area contributed by atoms with Gasteiger partial charge in [0.05, 0.1) is 5.69 Å². The van der Waals surface area contributed by atoms with Crippen LogP contribution in [0.15, 0.2) is 212 Å². The van der Waals surface area contributed by atoms with Gasteiger partial charge < -0.3 is 4.90 Å². The van der Waals surface area contributed by atoms with Gasteiger partial charge in [-0.15, -0.1) is 0 Å². The highest BCUT2D eigenvalue weighted by Gasteiger charge is 2.36. The number of nitrogens with zero attached hydrogens (tertiary/aromatic N) is 1. The number of anilines is 3. The summed E-state index contributed by atoms with van der Waals surface area (Å²) in [6.07, 6.45) is 0. The molecule has 0 N–H and O–H groups in total. The molecule has 0 saturated carbocycles. The lowest BCUT2D eigenvalue weighted by Gasteiger charge is -2.30. The second kappa shape index (κ2) is 13.7. The highest BCUT2D eigenvalue weighted by Crippen LogP contribution is 2.51. The Kier molecular flexibility index (Phi) is 8.23. The topological polar surface area (TPSA) is 3.24 Å². The smallest absolute Gasteiger partial charge is 0.0540 e. The molecular formula is C55H41N. The van der Waals surface area contributed by atoms with Crippen molar-refractivity contribution in [1.29, 1.82) is 0 Å². The van der Waals surface area contributed by atoms with Crippen molar-refractivity contribution in [3.05, 3.63) is 223 Å². The van der Waals surface area contributed by atoms with E-state index < -0.39 is 0 Å². The van der Waals surface area contributed by atoms with Crippen molar-refractivity contribution < 1.29 is 0 Å². The van der Waals surface area contributed by atoms with Crippen LogP contribution in [0.5, 0.6) is 0 Å². The minimum atomic E-state index is -0.119. The lowest BCUT2D eigenvalue weighted by Crippen LogP contribution is -2.17. The van der Waals surface area contributed by atoms with Gasteiger partial charge in [-0.05, 0) is 108 Å². The van der Waals surface area contributed by atoms with Gasteiger partial charge in [-0.25, -0.2) is 0 Å². The second-order valence-electron chi connectivity index (χ2n) is 15.3. The van der Waals surface area contributed by atoms with E-state index in [4.69, 9.17) is 0 Å². The average molecular weight is 716 g/mol. The molecule has 0 amide bonds. The zero-order valence-corrected chi connectivity index (χ0v) is 31.7. The first kappa shape index (κ1) is 33.6. The van der Waals surface area contributed by atoms with E-state index in [1.807, 2.05) is 0 Å². The summed E-state index contributed by atoms with van der Waals surface area (Å²) in [5.74, 6) is 0. The van der Waals surface area contributed by atoms with Gasteiger partial charge in [0.1, 0.15) is 0 Å². The number of hydrogen-bond donors (Lipinski definition) is 0. The van der Waals surface area contributed by atoms with Crippen LogP contribution in [0.3, 0.4) is 0 Å². The summed E-state index contributed by atoms with van der Waals surface area (Å²) in [6.45, 7) is 4.72. The van der Waals surface area contributed by atoms with Crippen molar-refractivity contribution in [3.8, 4) is 55.6 Å². The van der Waals surface area contributed by atoms with Crippen molar-refractivity contribution in [3.63, 3.8) is 0 Å². The Morgan fingerprint density at radius 3 is 1.73 bits per heavy atom. The van der Waals surface area contributed by atoms with Crippen molar-refractivity contribution in [2.24, 2.45) is 0 Å². The first-order valence-electron chi connectivity index (χ1n) is 19.5. The molecule has 0 aromatic heterocycles. The number of benzene rings is 9. The van der Waals surface area contributed by atoms with Crippen LogP contribution in [0.2, 0.25) is 0 Å². The molecule has 0 heterocycles. The quantitative estimate of drug-likeness (QED) is 0.159. The fourth-order valence-electron chi connectivity index (χ4n) is 8.89. The Hall–Kier alpha value is -6.96. The molecule has 1 heteroatoms. The van der Waals surface area contributed by atoms with Gasteiger partial charge in [-0.1, -0.05) is 190 Å². The minimum absolute atomic E-state index is 0.119. The maximum Gasteiger partial charge on any atom is 0.0540 e. The molecule has 9 aromatic rings. The Morgan fingerprint density at radius 2 is 0.893 bits per heavy atom. The van der Waals surface area contributed by atoms with Crippen LogP contribution in [0.4, 0.5) is 17.1 Å². The molecule has 1 aliphatic carbocycles. The molecule has 0 saturated heterocycles. The van der Waals surface area contributed by atoms with Crippen LogP contribution >= 0.6 is 0 Å². The van der Waals surface area contributed by atoms with E-state index in [1.54, 1.807) is 0 Å². The van der Waals surface area contributed by atoms with Crippen molar-refractivity contribution >= 4 is 27.8 Å². The van der Waals surface area contributed by atoms with Gasteiger partial charge in [0.25, 0.3) is 0 Å². The summed E-state index contributed by atoms with van der Waals surface area (Å²) in [7, 11) is 0. The molecule has 0 fully saturated rings. The Labute approximate surface area is 329 Å². The molecule has 0 atom stereocenters. The minimum Gasteiger partial charge on any atom is -0.310 e. The normalized spacial score (nSPS) is 12.6. The Balaban J connectivity index is 1.12. The van der Waals surface area contributed by atoms with Crippen LogP contribution in [0.1, 0.15) is 25.0 Å². The predicted octanol–water partition coefficient (Wildman–Crippen LogP) is 15.3. The van der Waals surface area contributed by atoms with Gasteiger partial charge in [-0.3, -0.25) is 0 Å². The first-order chi connectivity index (χ1) is 27.5. The highest BCUT2D eigenvalue weighted by atomic mass is 15.1. The number of fused-ring (bicyclic) bond motifs is 4. The van der Waals surface area contributed by atoms with Crippen LogP contribution in [-0.4, -0.2) is 0 Å². The molecular weight excluding hydrogens is 675 g/mol. The summed E-state index contributed by atoms with van der Waals surface area (Å²) < 4.78 is 0. The molecule has 0 radical (unpaired) electrons. The molecule has 0 spiro atoms. The standard InChI is InChI=1S/C55H41N/c1-55(2)52-28-12-10-25-49(52)50-35-34-44(37-53(50)55)56(54-29-13-11-26-51(54)48-24-9-8-23-46(48)39-16-4-3-5-17-39)43-32-30-38(31-33-43)41-20-14-21-42(36-41)47-27-15-19-40-18-6-7-22-45(40)47/h3-37H,1-2H3.